The summed E-state index contributed by atoms with van der Waals surface area (Å²) in [6, 6.07) is 4.58. The van der Waals surface area contributed by atoms with Crippen molar-refractivity contribution in [1.82, 2.24) is 15.6 Å². The van der Waals surface area contributed by atoms with Crippen molar-refractivity contribution < 1.29 is 4.74 Å². The lowest BCUT2D eigenvalue weighted by Crippen LogP contribution is -2.42. The zero-order chi connectivity index (χ0) is 15.9. The molecule has 2 aliphatic carbocycles. The van der Waals surface area contributed by atoms with Gasteiger partial charge in [-0.25, -0.2) is 9.98 Å². The van der Waals surface area contributed by atoms with Crippen molar-refractivity contribution in [2.45, 2.75) is 58.0 Å². The lowest BCUT2D eigenvalue weighted by atomic mass is 10.2. The zero-order valence-corrected chi connectivity index (χ0v) is 16.8. The molecule has 1 heterocycles. The van der Waals surface area contributed by atoms with E-state index in [1.807, 2.05) is 12.3 Å². The highest BCUT2D eigenvalue weighted by atomic mass is 127. The van der Waals surface area contributed by atoms with Gasteiger partial charge in [-0.3, -0.25) is 0 Å². The van der Waals surface area contributed by atoms with E-state index in [1.54, 1.807) is 0 Å². The third-order valence-electron chi connectivity index (χ3n) is 4.42. The summed E-state index contributed by atoms with van der Waals surface area (Å²) in [5, 5.41) is 6.86. The first-order valence-electron chi connectivity index (χ1n) is 8.96. The van der Waals surface area contributed by atoms with E-state index in [0.717, 1.165) is 36.5 Å². The third-order valence-corrected chi connectivity index (χ3v) is 4.42. The highest BCUT2D eigenvalue weighted by Gasteiger charge is 2.22. The molecule has 6 heteroatoms. The van der Waals surface area contributed by atoms with Gasteiger partial charge in [-0.15, -0.1) is 24.0 Å². The van der Waals surface area contributed by atoms with Gasteiger partial charge in [0.25, 0.3) is 0 Å². The minimum atomic E-state index is 0. The lowest BCUT2D eigenvalue weighted by Gasteiger charge is -2.16. The Bertz CT molecular complexity index is 510. The Balaban J connectivity index is 0.00000208. The Kier molecular flexibility index (Phi) is 8.08. The minimum Gasteiger partial charge on any atom is -0.477 e. The molecule has 0 atom stereocenters. The van der Waals surface area contributed by atoms with E-state index in [1.165, 1.54) is 38.5 Å². The molecular formula is C18H29IN4O. The monoisotopic (exact) mass is 444 g/mol. The number of halogens is 1. The van der Waals surface area contributed by atoms with E-state index in [4.69, 9.17) is 4.74 Å². The van der Waals surface area contributed by atoms with Crippen LogP contribution in [0, 0.1) is 5.92 Å². The quantitative estimate of drug-likeness (QED) is 0.384. The van der Waals surface area contributed by atoms with Crippen LogP contribution in [0.2, 0.25) is 0 Å². The fraction of sp³-hybridized carbons (Fsp3) is 0.667. The third kappa shape index (κ3) is 6.45. The van der Waals surface area contributed by atoms with Crippen molar-refractivity contribution in [3.8, 4) is 5.88 Å². The number of pyridine rings is 1. The number of nitrogens with zero attached hydrogens (tertiary/aromatic N) is 2. The zero-order valence-electron chi connectivity index (χ0n) is 14.5. The molecule has 3 rings (SSSR count). The first-order chi connectivity index (χ1) is 11.3. The maximum Gasteiger partial charge on any atom is 0.213 e. The highest BCUT2D eigenvalue weighted by Crippen LogP contribution is 2.29. The molecule has 2 saturated carbocycles. The van der Waals surface area contributed by atoms with Crippen LogP contribution in [0.25, 0.3) is 0 Å². The fourth-order valence-electron chi connectivity index (χ4n) is 2.83. The molecule has 24 heavy (non-hydrogen) atoms. The SMILES string of the molecule is CCNC(=NCc1ccc(OCC2CC2)nc1)NC1CCCC1.I. The second-order valence-electron chi connectivity index (χ2n) is 6.58. The minimum absolute atomic E-state index is 0. The van der Waals surface area contributed by atoms with Gasteiger partial charge in [0.1, 0.15) is 0 Å². The number of hydrogen-bond donors (Lipinski definition) is 2. The number of aromatic nitrogens is 1. The summed E-state index contributed by atoms with van der Waals surface area (Å²) in [5.41, 5.74) is 1.10. The van der Waals surface area contributed by atoms with Crippen molar-refractivity contribution in [2.75, 3.05) is 13.2 Å². The fourth-order valence-corrected chi connectivity index (χ4v) is 2.83. The topological polar surface area (TPSA) is 58.5 Å². The summed E-state index contributed by atoms with van der Waals surface area (Å²) in [6.45, 7) is 4.42. The molecule has 134 valence electrons. The summed E-state index contributed by atoms with van der Waals surface area (Å²) in [4.78, 5) is 9.05. The van der Waals surface area contributed by atoms with E-state index in [0.29, 0.717) is 12.6 Å². The number of nitrogens with one attached hydrogen (secondary N) is 2. The average Bonchev–Trinajstić information content (AvgIpc) is 3.27. The maximum absolute atomic E-state index is 5.67. The molecule has 2 aliphatic rings. The molecule has 2 N–H and O–H groups in total. The molecule has 1 aromatic heterocycles. The summed E-state index contributed by atoms with van der Waals surface area (Å²) >= 11 is 0. The van der Waals surface area contributed by atoms with Crippen LogP contribution < -0.4 is 15.4 Å². The number of ether oxygens (including phenoxy) is 1. The first-order valence-corrected chi connectivity index (χ1v) is 8.96. The second-order valence-corrected chi connectivity index (χ2v) is 6.58. The number of guanidine groups is 1. The second kappa shape index (κ2) is 10.1. The van der Waals surface area contributed by atoms with Crippen molar-refractivity contribution in [3.63, 3.8) is 0 Å². The van der Waals surface area contributed by atoms with Crippen LogP contribution in [0.4, 0.5) is 0 Å². The van der Waals surface area contributed by atoms with Crippen LogP contribution in [0.15, 0.2) is 23.3 Å². The predicted molar refractivity (Wildman–Crippen MR) is 108 cm³/mol. The Hall–Kier alpha value is -1.05. The number of rotatable bonds is 7. The first kappa shape index (κ1) is 19.3. The van der Waals surface area contributed by atoms with Gasteiger partial charge in [0.2, 0.25) is 5.88 Å². The Morgan fingerprint density at radius 2 is 2.04 bits per heavy atom. The standard InChI is InChI=1S/C18H28N4O.HI/c1-2-19-18(22-16-5-3-4-6-16)21-12-15-9-10-17(20-11-15)23-13-14-7-8-14;/h9-11,14,16H,2-8,12-13H2,1H3,(H2,19,21,22);1H. The van der Waals surface area contributed by atoms with Crippen LogP contribution in [0.5, 0.6) is 5.88 Å². The van der Waals surface area contributed by atoms with E-state index >= 15 is 0 Å². The van der Waals surface area contributed by atoms with E-state index in [9.17, 15) is 0 Å². The van der Waals surface area contributed by atoms with Gasteiger partial charge in [-0.1, -0.05) is 18.9 Å². The van der Waals surface area contributed by atoms with Gasteiger partial charge in [-0.2, -0.15) is 0 Å². The molecule has 0 aliphatic heterocycles. The van der Waals surface area contributed by atoms with Crippen molar-refractivity contribution in [2.24, 2.45) is 10.9 Å². The normalized spacial score (nSPS) is 18.1. The van der Waals surface area contributed by atoms with Crippen LogP contribution >= 0.6 is 24.0 Å². The summed E-state index contributed by atoms with van der Waals surface area (Å²) in [6.07, 6.45) is 9.61. The molecule has 0 amide bonds. The van der Waals surface area contributed by atoms with Crippen LogP contribution in [-0.4, -0.2) is 30.1 Å². The van der Waals surface area contributed by atoms with Gasteiger partial charge < -0.3 is 15.4 Å². The lowest BCUT2D eigenvalue weighted by molar-refractivity contribution is 0.288. The predicted octanol–water partition coefficient (Wildman–Crippen LogP) is 3.49. The van der Waals surface area contributed by atoms with Crippen molar-refractivity contribution in [3.05, 3.63) is 23.9 Å². The number of hydrogen-bond acceptors (Lipinski definition) is 3. The van der Waals surface area contributed by atoms with Crippen LogP contribution in [0.3, 0.4) is 0 Å². The molecule has 0 aromatic carbocycles. The Morgan fingerprint density at radius 1 is 1.25 bits per heavy atom. The van der Waals surface area contributed by atoms with Gasteiger partial charge >= 0.3 is 0 Å². The van der Waals surface area contributed by atoms with Gasteiger partial charge in [0.05, 0.1) is 13.2 Å². The molecule has 2 fully saturated rings. The van der Waals surface area contributed by atoms with E-state index < -0.39 is 0 Å². The molecule has 0 bridgehead atoms. The maximum atomic E-state index is 5.67. The summed E-state index contributed by atoms with van der Waals surface area (Å²) < 4.78 is 5.67. The summed E-state index contributed by atoms with van der Waals surface area (Å²) in [5.74, 6) is 2.39. The van der Waals surface area contributed by atoms with Crippen LogP contribution in [0.1, 0.15) is 51.0 Å². The molecule has 5 nitrogen and oxygen atoms in total. The van der Waals surface area contributed by atoms with Crippen molar-refractivity contribution in [1.29, 1.82) is 0 Å². The smallest absolute Gasteiger partial charge is 0.213 e. The molecule has 0 radical (unpaired) electrons. The molecular weight excluding hydrogens is 415 g/mol. The largest absolute Gasteiger partial charge is 0.477 e. The molecule has 0 unspecified atom stereocenters. The van der Waals surface area contributed by atoms with E-state index in [2.05, 4.69) is 33.6 Å². The molecule has 1 aromatic rings. The van der Waals surface area contributed by atoms with Crippen molar-refractivity contribution >= 4 is 29.9 Å². The van der Waals surface area contributed by atoms with E-state index in [-0.39, 0.29) is 24.0 Å². The highest BCUT2D eigenvalue weighted by molar-refractivity contribution is 14.0. The molecule has 0 saturated heterocycles. The summed E-state index contributed by atoms with van der Waals surface area (Å²) in [7, 11) is 0. The van der Waals surface area contributed by atoms with Gasteiger partial charge in [0, 0.05) is 24.8 Å². The van der Waals surface area contributed by atoms with Gasteiger partial charge in [0.15, 0.2) is 5.96 Å². The van der Waals surface area contributed by atoms with Gasteiger partial charge in [-0.05, 0) is 44.1 Å². The van der Waals surface area contributed by atoms with Crippen LogP contribution in [-0.2, 0) is 6.54 Å². The molecule has 0 spiro atoms. The Labute approximate surface area is 162 Å². The Morgan fingerprint density at radius 3 is 2.67 bits per heavy atom. The average molecular weight is 444 g/mol. The number of aliphatic imine (C=N–C) groups is 1.